The number of hydrogen-bond acceptors (Lipinski definition) is 6. The summed E-state index contributed by atoms with van der Waals surface area (Å²) in [4.78, 5) is 6.16. The van der Waals surface area contributed by atoms with Crippen LogP contribution in [-0.4, -0.2) is 28.8 Å². The number of nitrogens with zero attached hydrogens (tertiary/aromatic N) is 4. The van der Waals surface area contributed by atoms with E-state index >= 15 is 0 Å². The van der Waals surface area contributed by atoms with Gasteiger partial charge in [0.1, 0.15) is 0 Å². The van der Waals surface area contributed by atoms with Gasteiger partial charge >= 0.3 is 6.01 Å². The minimum Gasteiger partial charge on any atom is -0.406 e. The number of hydrogen-bond donors (Lipinski definition) is 1. The third-order valence-electron chi connectivity index (χ3n) is 2.58. The van der Waals surface area contributed by atoms with Crippen LogP contribution in [0.15, 0.2) is 28.8 Å². The van der Waals surface area contributed by atoms with Crippen LogP contribution in [0.5, 0.6) is 0 Å². The van der Waals surface area contributed by atoms with Crippen molar-refractivity contribution in [3.8, 4) is 0 Å². The Morgan fingerprint density at radius 3 is 2.83 bits per heavy atom. The van der Waals surface area contributed by atoms with Crippen molar-refractivity contribution in [3.63, 3.8) is 0 Å². The molecule has 0 bridgehead atoms. The molecule has 1 atom stereocenters. The van der Waals surface area contributed by atoms with Crippen molar-refractivity contribution in [1.29, 1.82) is 0 Å². The lowest BCUT2D eigenvalue weighted by Gasteiger charge is -2.13. The molecule has 0 radical (unpaired) electrons. The van der Waals surface area contributed by atoms with Gasteiger partial charge in [0.15, 0.2) is 0 Å². The van der Waals surface area contributed by atoms with Crippen LogP contribution in [0.25, 0.3) is 0 Å². The van der Waals surface area contributed by atoms with E-state index in [1.165, 1.54) is 0 Å². The summed E-state index contributed by atoms with van der Waals surface area (Å²) in [6.07, 6.45) is 2.61. The molecular weight excluding hydrogens is 230 g/mol. The van der Waals surface area contributed by atoms with Gasteiger partial charge in [0.05, 0.1) is 6.04 Å². The van der Waals surface area contributed by atoms with E-state index in [0.717, 1.165) is 18.7 Å². The summed E-state index contributed by atoms with van der Waals surface area (Å²) in [6, 6.07) is 6.12. The molecule has 18 heavy (non-hydrogen) atoms. The third-order valence-corrected chi connectivity index (χ3v) is 2.58. The van der Waals surface area contributed by atoms with E-state index in [-0.39, 0.29) is 6.04 Å². The molecule has 0 spiro atoms. The second kappa shape index (κ2) is 5.59. The van der Waals surface area contributed by atoms with Gasteiger partial charge in [-0.05, 0) is 19.1 Å². The number of nitrogens with two attached hydrogens (primary N) is 1. The first-order valence-electron chi connectivity index (χ1n) is 5.87. The molecule has 2 N–H and O–H groups in total. The average molecular weight is 247 g/mol. The molecule has 0 saturated heterocycles. The maximum Gasteiger partial charge on any atom is 0.317 e. The molecule has 0 aliphatic rings. The molecule has 0 fully saturated rings. The van der Waals surface area contributed by atoms with Crippen molar-refractivity contribution in [1.82, 2.24) is 15.2 Å². The Kier molecular flexibility index (Phi) is 3.88. The zero-order valence-electron chi connectivity index (χ0n) is 10.6. The highest BCUT2D eigenvalue weighted by atomic mass is 16.4. The molecular formula is C12H17N5O. The summed E-state index contributed by atoms with van der Waals surface area (Å²) >= 11 is 0. The van der Waals surface area contributed by atoms with Crippen LogP contribution in [0, 0.1) is 0 Å². The van der Waals surface area contributed by atoms with Gasteiger partial charge in [0, 0.05) is 31.9 Å². The molecule has 96 valence electrons. The molecule has 2 rings (SSSR count). The predicted octanol–water partition coefficient (Wildman–Crippen LogP) is 1.16. The lowest BCUT2D eigenvalue weighted by molar-refractivity contribution is 0.461. The Morgan fingerprint density at radius 2 is 2.22 bits per heavy atom. The van der Waals surface area contributed by atoms with Gasteiger partial charge in [-0.15, -0.1) is 5.10 Å². The van der Waals surface area contributed by atoms with Gasteiger partial charge in [-0.25, -0.2) is 0 Å². The molecule has 0 saturated carbocycles. The Morgan fingerprint density at radius 1 is 1.39 bits per heavy atom. The minimum atomic E-state index is -0.240. The van der Waals surface area contributed by atoms with Crippen LogP contribution in [0.1, 0.15) is 24.6 Å². The largest absolute Gasteiger partial charge is 0.406 e. The molecule has 1 unspecified atom stereocenters. The average Bonchev–Trinajstić information content (AvgIpc) is 2.87. The van der Waals surface area contributed by atoms with Crippen LogP contribution in [0.3, 0.4) is 0 Å². The van der Waals surface area contributed by atoms with Crippen molar-refractivity contribution in [2.45, 2.75) is 19.4 Å². The smallest absolute Gasteiger partial charge is 0.317 e. The monoisotopic (exact) mass is 247 g/mol. The van der Waals surface area contributed by atoms with E-state index in [1.54, 1.807) is 6.20 Å². The molecule has 2 aromatic rings. The zero-order valence-corrected chi connectivity index (χ0v) is 10.6. The Labute approximate surface area is 106 Å². The highest BCUT2D eigenvalue weighted by Gasteiger charge is 2.13. The van der Waals surface area contributed by atoms with Gasteiger partial charge in [-0.1, -0.05) is 11.2 Å². The highest BCUT2D eigenvalue weighted by Crippen LogP contribution is 2.14. The molecule has 2 aromatic heterocycles. The van der Waals surface area contributed by atoms with E-state index in [2.05, 4.69) is 15.2 Å². The number of anilines is 1. The summed E-state index contributed by atoms with van der Waals surface area (Å²) in [5, 5.41) is 7.85. The number of aromatic nitrogens is 3. The zero-order chi connectivity index (χ0) is 13.0. The predicted molar refractivity (Wildman–Crippen MR) is 68.1 cm³/mol. The van der Waals surface area contributed by atoms with Crippen molar-refractivity contribution < 1.29 is 4.42 Å². The van der Waals surface area contributed by atoms with Crippen LogP contribution in [-0.2, 0) is 6.42 Å². The second-order valence-corrected chi connectivity index (χ2v) is 4.20. The first kappa shape index (κ1) is 12.5. The standard InChI is InChI=1S/C12H17N5O/c1-9(13)11-15-16-12(18-11)17(2)8-6-10-5-3-4-7-14-10/h3-5,7,9H,6,8,13H2,1-2H3. The number of pyridine rings is 1. The normalized spacial score (nSPS) is 12.4. The van der Waals surface area contributed by atoms with Crippen molar-refractivity contribution in [2.24, 2.45) is 5.73 Å². The highest BCUT2D eigenvalue weighted by molar-refractivity contribution is 5.22. The summed E-state index contributed by atoms with van der Waals surface area (Å²) in [6.45, 7) is 2.57. The van der Waals surface area contributed by atoms with Gasteiger partial charge in [-0.2, -0.15) is 0 Å². The van der Waals surface area contributed by atoms with Gasteiger partial charge in [0.25, 0.3) is 0 Å². The first-order valence-corrected chi connectivity index (χ1v) is 5.87. The van der Waals surface area contributed by atoms with E-state index in [9.17, 15) is 0 Å². The third kappa shape index (κ3) is 3.04. The molecule has 6 nitrogen and oxygen atoms in total. The van der Waals surface area contributed by atoms with E-state index in [1.807, 2.05) is 37.1 Å². The number of rotatable bonds is 5. The molecule has 0 aliphatic heterocycles. The maximum atomic E-state index is 5.67. The lowest BCUT2D eigenvalue weighted by atomic mass is 10.2. The second-order valence-electron chi connectivity index (χ2n) is 4.20. The summed E-state index contributed by atoms with van der Waals surface area (Å²) in [7, 11) is 1.90. The first-order chi connectivity index (χ1) is 8.66. The lowest BCUT2D eigenvalue weighted by Crippen LogP contribution is -2.20. The topological polar surface area (TPSA) is 81.1 Å². The van der Waals surface area contributed by atoms with Crippen molar-refractivity contribution >= 4 is 6.01 Å². The quantitative estimate of drug-likeness (QED) is 0.854. The van der Waals surface area contributed by atoms with Crippen LogP contribution in [0.2, 0.25) is 0 Å². The van der Waals surface area contributed by atoms with E-state index < -0.39 is 0 Å². The molecule has 0 amide bonds. The number of likely N-dealkylation sites (N-methyl/N-ethyl adjacent to an activating group) is 1. The fourth-order valence-corrected chi connectivity index (χ4v) is 1.49. The van der Waals surface area contributed by atoms with Crippen molar-refractivity contribution in [3.05, 3.63) is 36.0 Å². The van der Waals surface area contributed by atoms with E-state index in [4.69, 9.17) is 10.2 Å². The Bertz CT molecular complexity index is 482. The SMILES string of the molecule is CC(N)c1nnc(N(C)CCc2ccccn2)o1. The van der Waals surface area contributed by atoms with Crippen LogP contribution >= 0.6 is 0 Å². The summed E-state index contributed by atoms with van der Waals surface area (Å²) < 4.78 is 5.45. The van der Waals surface area contributed by atoms with Gasteiger partial charge in [0.2, 0.25) is 5.89 Å². The fraction of sp³-hybridized carbons (Fsp3) is 0.417. The van der Waals surface area contributed by atoms with Gasteiger partial charge < -0.3 is 15.1 Å². The van der Waals surface area contributed by atoms with Crippen LogP contribution < -0.4 is 10.6 Å². The fourth-order valence-electron chi connectivity index (χ4n) is 1.49. The Hall–Kier alpha value is -1.95. The molecule has 2 heterocycles. The minimum absolute atomic E-state index is 0.240. The maximum absolute atomic E-state index is 5.67. The molecule has 0 aromatic carbocycles. The molecule has 0 aliphatic carbocycles. The molecule has 6 heteroatoms. The summed E-state index contributed by atoms with van der Waals surface area (Å²) in [5.74, 6) is 0.453. The van der Waals surface area contributed by atoms with Gasteiger partial charge in [-0.3, -0.25) is 4.98 Å². The Balaban J connectivity index is 1.93. The van der Waals surface area contributed by atoms with E-state index in [0.29, 0.717) is 11.9 Å². The van der Waals surface area contributed by atoms with Crippen molar-refractivity contribution in [2.75, 3.05) is 18.5 Å². The summed E-state index contributed by atoms with van der Waals surface area (Å²) in [5.41, 5.74) is 6.71. The van der Waals surface area contributed by atoms with Crippen LogP contribution in [0.4, 0.5) is 6.01 Å².